The molecular weight excluding hydrogens is 581 g/mol. The standard InChI is InChI=1S/C30H41Cl2N5O5/c1-3-41-29(40)42-30(22-7-5-4-6-8-22)12-15-37(16-13-30)27(38)26(17-21-9-10-23(31)18-25(21)32)35-28(39)34-14-11-24-19-33-20-36(24)2/h9-10,18-20,22,26H,3-8,11-17H2,1-2H3,(H2,34,35,39)/t26-/m1/s1. The zero-order valence-electron chi connectivity index (χ0n) is 24.4. The molecule has 2 heterocycles. The second-order valence-electron chi connectivity index (χ2n) is 11.1. The van der Waals surface area contributed by atoms with Crippen LogP contribution in [-0.4, -0.2) is 70.4 Å². The van der Waals surface area contributed by atoms with Crippen LogP contribution >= 0.6 is 23.2 Å². The Labute approximate surface area is 257 Å². The lowest BCUT2D eigenvalue weighted by Gasteiger charge is -2.47. The maximum absolute atomic E-state index is 13.9. The van der Waals surface area contributed by atoms with Crippen LogP contribution in [0.25, 0.3) is 0 Å². The number of nitrogens with zero attached hydrogens (tertiary/aromatic N) is 3. The number of likely N-dealkylation sites (tertiary alicyclic amines) is 1. The molecule has 2 N–H and O–H groups in total. The molecule has 4 rings (SSSR count). The van der Waals surface area contributed by atoms with Crippen LogP contribution in [0.15, 0.2) is 30.7 Å². The van der Waals surface area contributed by atoms with E-state index in [0.29, 0.717) is 54.5 Å². The van der Waals surface area contributed by atoms with Crippen molar-refractivity contribution in [3.05, 3.63) is 52.0 Å². The van der Waals surface area contributed by atoms with Crippen LogP contribution in [0.1, 0.15) is 63.1 Å². The fourth-order valence-corrected chi connectivity index (χ4v) is 6.59. The van der Waals surface area contributed by atoms with E-state index in [-0.39, 0.29) is 24.9 Å². The molecule has 1 aliphatic heterocycles. The molecule has 1 aromatic carbocycles. The van der Waals surface area contributed by atoms with Gasteiger partial charge < -0.3 is 29.6 Å². The first-order valence-electron chi connectivity index (χ1n) is 14.8. The molecule has 0 radical (unpaired) electrons. The normalized spacial score (nSPS) is 17.8. The molecule has 1 saturated heterocycles. The Morgan fingerprint density at radius 3 is 2.52 bits per heavy atom. The van der Waals surface area contributed by atoms with Crippen LogP contribution in [0.5, 0.6) is 0 Å². The Balaban J connectivity index is 1.44. The van der Waals surface area contributed by atoms with Gasteiger partial charge in [0.25, 0.3) is 0 Å². The number of nitrogens with one attached hydrogen (secondary N) is 2. The average Bonchev–Trinajstić information content (AvgIpc) is 3.39. The number of carbonyl (C=O) groups excluding carboxylic acids is 3. The number of halogens is 2. The number of aromatic nitrogens is 2. The van der Waals surface area contributed by atoms with E-state index < -0.39 is 23.8 Å². The van der Waals surface area contributed by atoms with Gasteiger partial charge in [-0.1, -0.05) is 48.5 Å². The molecular formula is C30H41Cl2N5O5. The third-order valence-electron chi connectivity index (χ3n) is 8.45. The van der Waals surface area contributed by atoms with Crippen molar-refractivity contribution in [2.75, 3.05) is 26.2 Å². The smallest absolute Gasteiger partial charge is 0.435 e. The zero-order valence-corrected chi connectivity index (χ0v) is 25.9. The minimum absolute atomic E-state index is 0.202. The van der Waals surface area contributed by atoms with Gasteiger partial charge in [0, 0.05) is 74.3 Å². The molecule has 1 atom stereocenters. The summed E-state index contributed by atoms with van der Waals surface area (Å²) in [4.78, 5) is 45.1. The van der Waals surface area contributed by atoms with E-state index in [9.17, 15) is 14.4 Å². The third kappa shape index (κ3) is 8.31. The summed E-state index contributed by atoms with van der Waals surface area (Å²) in [7, 11) is 1.90. The zero-order chi connectivity index (χ0) is 30.1. The number of carbonyl (C=O) groups is 3. The molecule has 2 aromatic rings. The predicted molar refractivity (Wildman–Crippen MR) is 161 cm³/mol. The number of piperidine rings is 1. The molecule has 1 aliphatic carbocycles. The number of aryl methyl sites for hydroxylation is 1. The number of hydrogen-bond acceptors (Lipinski definition) is 6. The molecule has 1 saturated carbocycles. The monoisotopic (exact) mass is 621 g/mol. The van der Waals surface area contributed by atoms with Gasteiger partial charge in [0.1, 0.15) is 11.6 Å². The molecule has 3 amide bonds. The van der Waals surface area contributed by atoms with Gasteiger partial charge in [-0.15, -0.1) is 0 Å². The van der Waals surface area contributed by atoms with E-state index in [0.717, 1.165) is 31.4 Å². The van der Waals surface area contributed by atoms with E-state index in [4.69, 9.17) is 32.7 Å². The van der Waals surface area contributed by atoms with Crippen molar-refractivity contribution in [2.45, 2.75) is 76.4 Å². The first-order chi connectivity index (χ1) is 20.2. The SMILES string of the molecule is CCOC(=O)OC1(C2CCCCC2)CCN(C(=O)[C@@H](Cc2ccc(Cl)cc2Cl)NC(=O)NCCc2cncn2C)CC1. The van der Waals surface area contributed by atoms with Crippen LogP contribution < -0.4 is 10.6 Å². The number of imidazole rings is 1. The number of amides is 3. The Morgan fingerprint density at radius 2 is 1.88 bits per heavy atom. The minimum Gasteiger partial charge on any atom is -0.435 e. The van der Waals surface area contributed by atoms with Gasteiger partial charge in [0.05, 0.1) is 12.9 Å². The molecule has 2 fully saturated rings. The molecule has 2 aliphatic rings. The van der Waals surface area contributed by atoms with Crippen LogP contribution in [0, 0.1) is 5.92 Å². The van der Waals surface area contributed by atoms with Gasteiger partial charge in [0.15, 0.2) is 0 Å². The van der Waals surface area contributed by atoms with E-state index in [2.05, 4.69) is 15.6 Å². The summed E-state index contributed by atoms with van der Waals surface area (Å²) in [6, 6.07) is 3.81. The first-order valence-corrected chi connectivity index (χ1v) is 15.5. The van der Waals surface area contributed by atoms with Crippen molar-refractivity contribution in [2.24, 2.45) is 13.0 Å². The Morgan fingerprint density at radius 1 is 1.14 bits per heavy atom. The van der Waals surface area contributed by atoms with Crippen LogP contribution in [0.4, 0.5) is 9.59 Å². The van der Waals surface area contributed by atoms with Crippen molar-refractivity contribution >= 4 is 41.3 Å². The lowest BCUT2D eigenvalue weighted by molar-refractivity contribution is -0.143. The number of hydrogen-bond donors (Lipinski definition) is 2. The number of benzene rings is 1. The summed E-state index contributed by atoms with van der Waals surface area (Å²) < 4.78 is 13.0. The molecule has 10 nitrogen and oxygen atoms in total. The van der Waals surface area contributed by atoms with Gasteiger partial charge >= 0.3 is 12.2 Å². The highest BCUT2D eigenvalue weighted by Gasteiger charge is 2.46. The third-order valence-corrected chi connectivity index (χ3v) is 9.03. The molecule has 0 spiro atoms. The summed E-state index contributed by atoms with van der Waals surface area (Å²) in [5.74, 6) is 0.0242. The molecule has 230 valence electrons. The maximum Gasteiger partial charge on any atom is 0.508 e. The second-order valence-corrected chi connectivity index (χ2v) is 12.0. The predicted octanol–water partition coefficient (Wildman–Crippen LogP) is 5.29. The second kappa shape index (κ2) is 15.0. The van der Waals surface area contributed by atoms with Crippen molar-refractivity contribution in [1.82, 2.24) is 25.1 Å². The number of urea groups is 1. The molecule has 12 heteroatoms. The summed E-state index contributed by atoms with van der Waals surface area (Å²) in [5.41, 5.74) is 1.03. The molecule has 0 unspecified atom stereocenters. The molecule has 42 heavy (non-hydrogen) atoms. The largest absolute Gasteiger partial charge is 0.508 e. The van der Waals surface area contributed by atoms with Crippen molar-refractivity contribution in [3.8, 4) is 0 Å². The van der Waals surface area contributed by atoms with Gasteiger partial charge in [-0.25, -0.2) is 14.6 Å². The lowest BCUT2D eigenvalue weighted by Crippen LogP contribution is -2.58. The quantitative estimate of drug-likeness (QED) is 0.348. The minimum atomic E-state index is -0.853. The van der Waals surface area contributed by atoms with Gasteiger partial charge in [-0.2, -0.15) is 0 Å². The van der Waals surface area contributed by atoms with Crippen molar-refractivity contribution < 1.29 is 23.9 Å². The Hall–Kier alpha value is -2.98. The Bertz CT molecular complexity index is 1220. The van der Waals surface area contributed by atoms with Gasteiger partial charge in [-0.3, -0.25) is 4.79 Å². The summed E-state index contributed by atoms with van der Waals surface area (Å²) in [5, 5.41) is 6.64. The maximum atomic E-state index is 13.9. The van der Waals surface area contributed by atoms with Crippen molar-refractivity contribution in [1.29, 1.82) is 0 Å². The lowest BCUT2D eigenvalue weighted by atomic mass is 9.72. The van der Waals surface area contributed by atoms with Gasteiger partial charge in [-0.05, 0) is 43.4 Å². The van der Waals surface area contributed by atoms with E-state index in [1.807, 2.05) is 11.6 Å². The topological polar surface area (TPSA) is 115 Å². The van der Waals surface area contributed by atoms with Crippen LogP contribution in [-0.2, 0) is 34.2 Å². The highest BCUT2D eigenvalue weighted by atomic mass is 35.5. The Kier molecular flexibility index (Phi) is 11.4. The molecule has 0 bridgehead atoms. The average molecular weight is 623 g/mol. The highest BCUT2D eigenvalue weighted by Crippen LogP contribution is 2.42. The summed E-state index contributed by atoms with van der Waals surface area (Å²) >= 11 is 12.5. The molecule has 1 aromatic heterocycles. The van der Waals surface area contributed by atoms with Crippen LogP contribution in [0.3, 0.4) is 0 Å². The summed E-state index contributed by atoms with van der Waals surface area (Å²) in [6.07, 6.45) is 10.0. The number of rotatable bonds is 10. The van der Waals surface area contributed by atoms with E-state index >= 15 is 0 Å². The fourth-order valence-electron chi connectivity index (χ4n) is 6.11. The number of ether oxygens (including phenoxy) is 2. The van der Waals surface area contributed by atoms with Crippen molar-refractivity contribution in [3.63, 3.8) is 0 Å². The first kappa shape index (κ1) is 31.9. The highest BCUT2D eigenvalue weighted by molar-refractivity contribution is 6.35. The van der Waals surface area contributed by atoms with Crippen LogP contribution in [0.2, 0.25) is 10.0 Å². The van der Waals surface area contributed by atoms with E-state index in [1.165, 1.54) is 6.42 Å². The van der Waals surface area contributed by atoms with Gasteiger partial charge in [0.2, 0.25) is 5.91 Å². The fraction of sp³-hybridized carbons (Fsp3) is 0.600. The van der Waals surface area contributed by atoms with E-state index in [1.54, 1.807) is 42.5 Å². The summed E-state index contributed by atoms with van der Waals surface area (Å²) in [6.45, 7) is 3.19.